The van der Waals surface area contributed by atoms with E-state index in [2.05, 4.69) is 4.98 Å². The Labute approximate surface area is 143 Å². The van der Waals surface area contributed by atoms with Gasteiger partial charge in [0.05, 0.1) is 11.3 Å². The zero-order valence-corrected chi connectivity index (χ0v) is 13.5. The number of halogens is 1. The van der Waals surface area contributed by atoms with Crippen LogP contribution < -0.4 is 4.90 Å². The summed E-state index contributed by atoms with van der Waals surface area (Å²) in [6, 6.07) is 8.82. The van der Waals surface area contributed by atoms with Crippen LogP contribution in [0, 0.1) is 15.9 Å². The fourth-order valence-corrected chi connectivity index (χ4v) is 2.83. The lowest BCUT2D eigenvalue weighted by molar-refractivity contribution is -0.384. The number of carbonyl (C=O) groups is 1. The van der Waals surface area contributed by atoms with Gasteiger partial charge in [-0.1, -0.05) is 12.1 Å². The lowest BCUT2D eigenvalue weighted by Gasteiger charge is -2.35. The molecular weight excluding hydrogens is 327 g/mol. The van der Waals surface area contributed by atoms with E-state index >= 15 is 0 Å². The van der Waals surface area contributed by atoms with Gasteiger partial charge < -0.3 is 9.80 Å². The second-order valence-corrected chi connectivity index (χ2v) is 5.77. The van der Waals surface area contributed by atoms with Gasteiger partial charge in [-0.15, -0.1) is 0 Å². The third kappa shape index (κ3) is 3.90. The highest BCUT2D eigenvalue weighted by atomic mass is 19.1. The lowest BCUT2D eigenvalue weighted by Crippen LogP contribution is -2.49. The fourth-order valence-electron chi connectivity index (χ4n) is 2.83. The fraction of sp³-hybridized carbons (Fsp3) is 0.294. The van der Waals surface area contributed by atoms with Crippen molar-refractivity contribution in [3.8, 4) is 0 Å². The predicted octanol–water partition coefficient (Wildman–Crippen LogP) is 2.02. The third-order valence-corrected chi connectivity index (χ3v) is 4.16. The Bertz CT molecular complexity index is 774. The number of rotatable bonds is 4. The molecule has 0 spiro atoms. The maximum absolute atomic E-state index is 12.9. The molecule has 1 aliphatic heterocycles. The van der Waals surface area contributed by atoms with Crippen LogP contribution in [-0.2, 0) is 11.2 Å². The Morgan fingerprint density at radius 2 is 1.84 bits per heavy atom. The van der Waals surface area contributed by atoms with E-state index in [-0.39, 0.29) is 23.8 Å². The van der Waals surface area contributed by atoms with Crippen molar-refractivity contribution in [3.05, 3.63) is 64.1 Å². The molecule has 1 aliphatic rings. The van der Waals surface area contributed by atoms with Crippen molar-refractivity contribution in [2.75, 3.05) is 31.1 Å². The first-order chi connectivity index (χ1) is 12.0. The molecule has 25 heavy (non-hydrogen) atoms. The van der Waals surface area contributed by atoms with Gasteiger partial charge in [-0.3, -0.25) is 14.9 Å². The molecular formula is C17H17FN4O3. The number of nitro groups is 1. The van der Waals surface area contributed by atoms with Crippen LogP contribution >= 0.6 is 0 Å². The number of hydrogen-bond donors (Lipinski definition) is 0. The Morgan fingerprint density at radius 1 is 1.16 bits per heavy atom. The molecule has 2 aromatic rings. The molecule has 1 aromatic heterocycles. The van der Waals surface area contributed by atoms with Crippen molar-refractivity contribution in [2.24, 2.45) is 0 Å². The average Bonchev–Trinajstić information content (AvgIpc) is 2.63. The first-order valence-electron chi connectivity index (χ1n) is 7.91. The van der Waals surface area contributed by atoms with Gasteiger partial charge in [0, 0.05) is 38.4 Å². The molecule has 0 atom stereocenters. The van der Waals surface area contributed by atoms with Crippen LogP contribution in [0.4, 0.5) is 15.9 Å². The molecule has 7 nitrogen and oxygen atoms in total. The van der Waals surface area contributed by atoms with E-state index < -0.39 is 4.92 Å². The van der Waals surface area contributed by atoms with E-state index in [9.17, 15) is 19.3 Å². The molecule has 0 saturated carbocycles. The number of benzene rings is 1. The van der Waals surface area contributed by atoms with Crippen LogP contribution in [0.3, 0.4) is 0 Å². The number of aromatic nitrogens is 1. The van der Waals surface area contributed by atoms with E-state index in [1.807, 2.05) is 4.90 Å². The van der Waals surface area contributed by atoms with E-state index in [0.29, 0.717) is 32.0 Å². The molecule has 1 fully saturated rings. The summed E-state index contributed by atoms with van der Waals surface area (Å²) in [5, 5.41) is 11.1. The van der Waals surface area contributed by atoms with Crippen LogP contribution in [0.2, 0.25) is 0 Å². The molecule has 0 radical (unpaired) electrons. The number of nitrogens with zero attached hydrogens (tertiary/aromatic N) is 4. The number of anilines is 1. The van der Waals surface area contributed by atoms with Gasteiger partial charge in [0.1, 0.15) is 5.82 Å². The van der Waals surface area contributed by atoms with E-state index in [1.54, 1.807) is 17.0 Å². The van der Waals surface area contributed by atoms with Crippen LogP contribution in [0.15, 0.2) is 42.6 Å². The summed E-state index contributed by atoms with van der Waals surface area (Å²) in [5.74, 6) is -0.0401. The van der Waals surface area contributed by atoms with E-state index in [0.717, 1.165) is 5.56 Å². The Kier molecular flexibility index (Phi) is 4.87. The second-order valence-electron chi connectivity index (χ2n) is 5.77. The van der Waals surface area contributed by atoms with Crippen molar-refractivity contribution < 1.29 is 14.1 Å². The minimum atomic E-state index is -0.450. The molecule has 2 heterocycles. The highest BCUT2D eigenvalue weighted by Gasteiger charge is 2.26. The van der Waals surface area contributed by atoms with E-state index in [1.165, 1.54) is 30.5 Å². The van der Waals surface area contributed by atoms with Crippen LogP contribution in [0.1, 0.15) is 5.56 Å². The van der Waals surface area contributed by atoms with Crippen LogP contribution in [-0.4, -0.2) is 46.9 Å². The zero-order valence-electron chi connectivity index (χ0n) is 13.5. The summed E-state index contributed by atoms with van der Waals surface area (Å²) in [4.78, 5) is 30.7. The topological polar surface area (TPSA) is 79.6 Å². The largest absolute Gasteiger partial charge is 0.347 e. The zero-order chi connectivity index (χ0) is 17.8. The van der Waals surface area contributed by atoms with Gasteiger partial charge >= 0.3 is 5.69 Å². The highest BCUT2D eigenvalue weighted by molar-refractivity contribution is 5.79. The van der Waals surface area contributed by atoms with Crippen LogP contribution in [0.25, 0.3) is 0 Å². The molecule has 130 valence electrons. The number of carbonyl (C=O) groups excluding carboxylic acids is 1. The molecule has 3 rings (SSSR count). The lowest BCUT2D eigenvalue weighted by atomic mass is 10.1. The maximum Gasteiger partial charge on any atom is 0.311 e. The summed E-state index contributed by atoms with van der Waals surface area (Å²) in [6.45, 7) is 1.89. The molecule has 1 amide bonds. The van der Waals surface area contributed by atoms with Crippen molar-refractivity contribution in [1.82, 2.24) is 9.88 Å². The predicted molar refractivity (Wildman–Crippen MR) is 89.8 cm³/mol. The van der Waals surface area contributed by atoms with Gasteiger partial charge in [-0.25, -0.2) is 9.37 Å². The van der Waals surface area contributed by atoms with Gasteiger partial charge in [-0.2, -0.15) is 0 Å². The number of pyridine rings is 1. The van der Waals surface area contributed by atoms with Crippen LogP contribution in [0.5, 0.6) is 0 Å². The van der Waals surface area contributed by atoms with Gasteiger partial charge in [0.15, 0.2) is 0 Å². The molecule has 8 heteroatoms. The van der Waals surface area contributed by atoms with Gasteiger partial charge in [0.2, 0.25) is 11.7 Å². The van der Waals surface area contributed by atoms with Crippen molar-refractivity contribution >= 4 is 17.4 Å². The number of amides is 1. The SMILES string of the molecule is O=C(Cc1ccc(F)cc1)N1CCN(c2ncccc2[N+](=O)[O-])CC1. The van der Waals surface area contributed by atoms with Gasteiger partial charge in [0.25, 0.3) is 0 Å². The summed E-state index contributed by atoms with van der Waals surface area (Å²) >= 11 is 0. The maximum atomic E-state index is 12.9. The number of hydrogen-bond acceptors (Lipinski definition) is 5. The van der Waals surface area contributed by atoms with Crippen molar-refractivity contribution in [3.63, 3.8) is 0 Å². The first kappa shape index (κ1) is 16.8. The minimum absolute atomic E-state index is 0.0337. The molecule has 1 saturated heterocycles. The first-order valence-corrected chi connectivity index (χ1v) is 7.91. The molecule has 0 aliphatic carbocycles. The standard InChI is InChI=1S/C17H17FN4O3/c18-14-5-3-13(4-6-14)12-16(23)20-8-10-21(11-9-20)17-15(22(24)25)2-1-7-19-17/h1-7H,8-12H2. The normalized spacial score (nSPS) is 14.4. The Morgan fingerprint density at radius 3 is 2.48 bits per heavy atom. The smallest absolute Gasteiger partial charge is 0.311 e. The monoisotopic (exact) mass is 344 g/mol. The molecule has 1 aromatic carbocycles. The Hall–Kier alpha value is -3.03. The third-order valence-electron chi connectivity index (χ3n) is 4.16. The summed E-state index contributed by atoms with van der Waals surface area (Å²) in [6.07, 6.45) is 1.73. The summed E-state index contributed by atoms with van der Waals surface area (Å²) < 4.78 is 12.9. The highest BCUT2D eigenvalue weighted by Crippen LogP contribution is 2.25. The van der Waals surface area contributed by atoms with E-state index in [4.69, 9.17) is 0 Å². The molecule has 0 N–H and O–H groups in total. The van der Waals surface area contributed by atoms with Gasteiger partial charge in [-0.05, 0) is 23.8 Å². The quantitative estimate of drug-likeness (QED) is 0.626. The Balaban J connectivity index is 1.61. The number of piperazine rings is 1. The molecule has 0 unspecified atom stereocenters. The molecule has 0 bridgehead atoms. The van der Waals surface area contributed by atoms with Crippen molar-refractivity contribution in [1.29, 1.82) is 0 Å². The van der Waals surface area contributed by atoms with Crippen molar-refractivity contribution in [2.45, 2.75) is 6.42 Å². The second kappa shape index (κ2) is 7.25. The summed E-state index contributed by atoms with van der Waals surface area (Å²) in [7, 11) is 0. The minimum Gasteiger partial charge on any atom is -0.347 e. The average molecular weight is 344 g/mol. The summed E-state index contributed by atoms with van der Waals surface area (Å²) in [5.41, 5.74) is 0.725.